The predicted molar refractivity (Wildman–Crippen MR) is 132 cm³/mol. The number of ether oxygens (including phenoxy) is 3. The second-order valence-corrected chi connectivity index (χ2v) is 8.97. The fourth-order valence-corrected chi connectivity index (χ4v) is 3.85. The molecule has 0 atom stereocenters. The zero-order valence-corrected chi connectivity index (χ0v) is 20.7. The van der Waals surface area contributed by atoms with Crippen molar-refractivity contribution in [1.29, 1.82) is 5.26 Å². The van der Waals surface area contributed by atoms with Crippen LogP contribution in [0.1, 0.15) is 33.3 Å². The van der Waals surface area contributed by atoms with E-state index in [9.17, 15) is 10.1 Å². The largest absolute Gasteiger partial charge is 0.493 e. The minimum atomic E-state index is -0.525. The topological polar surface area (TPSA) is 87.4 Å². The van der Waals surface area contributed by atoms with Gasteiger partial charge in [0.1, 0.15) is 17.5 Å². The van der Waals surface area contributed by atoms with Crippen LogP contribution in [-0.4, -0.2) is 67.7 Å². The lowest BCUT2D eigenvalue weighted by Gasteiger charge is -2.36. The summed E-state index contributed by atoms with van der Waals surface area (Å²) in [4.78, 5) is 21.0. The summed E-state index contributed by atoms with van der Waals surface area (Å²) < 4.78 is 16.7. The molecule has 1 amide bonds. The van der Waals surface area contributed by atoms with Crippen molar-refractivity contribution in [2.75, 3.05) is 40.4 Å². The van der Waals surface area contributed by atoms with Crippen molar-refractivity contribution in [3.05, 3.63) is 42.0 Å². The molecular weight excluding hydrogens is 432 g/mol. The number of amides is 1. The summed E-state index contributed by atoms with van der Waals surface area (Å²) >= 11 is 0. The van der Waals surface area contributed by atoms with Gasteiger partial charge in [0.15, 0.2) is 11.5 Å². The number of rotatable bonds is 4. The van der Waals surface area contributed by atoms with Crippen molar-refractivity contribution in [1.82, 2.24) is 9.80 Å². The zero-order chi connectivity index (χ0) is 24.9. The molecule has 0 N–H and O–H groups in total. The van der Waals surface area contributed by atoms with E-state index >= 15 is 0 Å². The number of piperazine rings is 1. The molecule has 0 saturated carbocycles. The number of nitrogens with zero attached hydrogens (tertiary/aromatic N) is 4. The van der Waals surface area contributed by atoms with Crippen LogP contribution in [0.3, 0.4) is 0 Å². The lowest BCUT2D eigenvalue weighted by molar-refractivity contribution is 0.0186. The summed E-state index contributed by atoms with van der Waals surface area (Å²) in [6.07, 6.45) is -0.305. The maximum absolute atomic E-state index is 12.4. The van der Waals surface area contributed by atoms with E-state index in [0.29, 0.717) is 54.5 Å². The van der Waals surface area contributed by atoms with E-state index in [2.05, 4.69) is 11.0 Å². The van der Waals surface area contributed by atoms with Gasteiger partial charge >= 0.3 is 6.09 Å². The Hall–Kier alpha value is -3.73. The molecule has 0 spiro atoms. The number of carbonyl (C=O) groups is 1. The second-order valence-electron chi connectivity index (χ2n) is 8.97. The van der Waals surface area contributed by atoms with E-state index < -0.39 is 5.60 Å². The van der Waals surface area contributed by atoms with Gasteiger partial charge in [-0.25, -0.2) is 9.79 Å². The van der Waals surface area contributed by atoms with Crippen molar-refractivity contribution < 1.29 is 19.0 Å². The Balaban J connectivity index is 1.91. The lowest BCUT2D eigenvalue weighted by Crippen LogP contribution is -2.51. The Bertz CT molecular complexity index is 1090. The number of amidine groups is 1. The highest BCUT2D eigenvalue weighted by atomic mass is 16.6. The number of hydrogen-bond donors (Lipinski definition) is 0. The Morgan fingerprint density at radius 2 is 1.65 bits per heavy atom. The van der Waals surface area contributed by atoms with E-state index in [1.807, 2.05) is 58.0 Å². The summed E-state index contributed by atoms with van der Waals surface area (Å²) in [6.45, 7) is 9.79. The summed E-state index contributed by atoms with van der Waals surface area (Å²) in [5.41, 5.74) is 1.88. The smallest absolute Gasteiger partial charge is 0.410 e. The molecule has 0 bridgehead atoms. The monoisotopic (exact) mass is 464 g/mol. The summed E-state index contributed by atoms with van der Waals surface area (Å²) in [7, 11) is 3.12. The average Bonchev–Trinajstić information content (AvgIpc) is 2.82. The quantitative estimate of drug-likeness (QED) is 0.475. The third-order valence-electron chi connectivity index (χ3n) is 5.49. The molecule has 180 valence electrons. The molecule has 0 aromatic heterocycles. The Morgan fingerprint density at radius 1 is 1.03 bits per heavy atom. The number of methoxy groups -OCH3 is 2. The van der Waals surface area contributed by atoms with Crippen LogP contribution in [0.5, 0.6) is 11.5 Å². The standard InChI is InChI=1S/C26H32N4O4/c1-18(29-12-14-30(15-13-29)25(31)34-26(2,3)4)28-21-16-22(32-5)24(33-6)23(20(21)17-27)19-10-8-7-9-11-19/h7-11,16H,12-15H2,1-6H3. The van der Waals surface area contributed by atoms with Gasteiger partial charge in [-0.1, -0.05) is 30.3 Å². The molecule has 1 aliphatic heterocycles. The molecule has 0 aliphatic carbocycles. The van der Waals surface area contributed by atoms with Crippen molar-refractivity contribution in [3.63, 3.8) is 0 Å². The van der Waals surface area contributed by atoms with Crippen LogP contribution in [0.15, 0.2) is 41.4 Å². The normalized spacial score (nSPS) is 14.4. The SMILES string of the molecule is COc1cc(N=C(C)N2CCN(C(=O)OC(C)(C)C)CC2)c(C#N)c(-c2ccccc2)c1OC. The number of aliphatic imine (C=N–C) groups is 1. The van der Waals surface area contributed by atoms with E-state index in [-0.39, 0.29) is 6.09 Å². The van der Waals surface area contributed by atoms with Crippen LogP contribution in [0.2, 0.25) is 0 Å². The number of benzene rings is 2. The predicted octanol–water partition coefficient (Wildman–Crippen LogP) is 4.85. The first-order valence-electron chi connectivity index (χ1n) is 11.2. The first-order chi connectivity index (χ1) is 16.2. The molecule has 1 saturated heterocycles. The molecule has 1 aliphatic rings. The van der Waals surface area contributed by atoms with Crippen LogP contribution in [0, 0.1) is 11.3 Å². The molecule has 2 aromatic carbocycles. The number of nitriles is 1. The molecule has 0 unspecified atom stereocenters. The average molecular weight is 465 g/mol. The first-order valence-corrected chi connectivity index (χ1v) is 11.2. The molecule has 2 aromatic rings. The summed E-state index contributed by atoms with van der Waals surface area (Å²) in [6, 6.07) is 13.6. The van der Waals surface area contributed by atoms with Crippen LogP contribution >= 0.6 is 0 Å². The highest BCUT2D eigenvalue weighted by Crippen LogP contribution is 2.45. The van der Waals surface area contributed by atoms with Gasteiger partial charge in [0.2, 0.25) is 0 Å². The van der Waals surface area contributed by atoms with E-state index in [1.54, 1.807) is 25.2 Å². The van der Waals surface area contributed by atoms with Crippen molar-refractivity contribution in [2.24, 2.45) is 4.99 Å². The van der Waals surface area contributed by atoms with Gasteiger partial charge in [-0.2, -0.15) is 5.26 Å². The van der Waals surface area contributed by atoms with Crippen LogP contribution < -0.4 is 9.47 Å². The van der Waals surface area contributed by atoms with Gasteiger partial charge in [-0.3, -0.25) is 0 Å². The Morgan fingerprint density at radius 3 is 2.18 bits per heavy atom. The van der Waals surface area contributed by atoms with Crippen molar-refractivity contribution in [2.45, 2.75) is 33.3 Å². The fraction of sp³-hybridized carbons (Fsp3) is 0.423. The van der Waals surface area contributed by atoms with E-state index in [0.717, 1.165) is 11.4 Å². The number of carbonyl (C=O) groups excluding carboxylic acids is 1. The van der Waals surface area contributed by atoms with Gasteiger partial charge in [-0.15, -0.1) is 0 Å². The Kier molecular flexibility index (Phi) is 7.67. The van der Waals surface area contributed by atoms with E-state index in [1.165, 1.54) is 0 Å². The molecule has 8 nitrogen and oxygen atoms in total. The summed E-state index contributed by atoms with van der Waals surface area (Å²) in [5, 5.41) is 10.1. The van der Waals surface area contributed by atoms with Gasteiger partial charge in [-0.05, 0) is 33.3 Å². The van der Waals surface area contributed by atoms with Gasteiger partial charge in [0.05, 0.1) is 25.5 Å². The maximum Gasteiger partial charge on any atom is 0.410 e. The lowest BCUT2D eigenvalue weighted by atomic mass is 9.97. The maximum atomic E-state index is 12.4. The highest BCUT2D eigenvalue weighted by molar-refractivity contribution is 5.89. The Labute approximate surface area is 201 Å². The molecule has 3 rings (SSSR count). The summed E-state index contributed by atoms with van der Waals surface area (Å²) in [5.74, 6) is 1.75. The molecular formula is C26H32N4O4. The molecule has 1 fully saturated rings. The van der Waals surface area contributed by atoms with Gasteiger partial charge in [0, 0.05) is 37.8 Å². The van der Waals surface area contributed by atoms with Crippen LogP contribution in [0.4, 0.5) is 10.5 Å². The molecule has 34 heavy (non-hydrogen) atoms. The third-order valence-corrected chi connectivity index (χ3v) is 5.49. The first kappa shape index (κ1) is 24.9. The van der Waals surface area contributed by atoms with Crippen molar-refractivity contribution >= 4 is 17.6 Å². The van der Waals surface area contributed by atoms with E-state index in [4.69, 9.17) is 19.2 Å². The molecule has 1 heterocycles. The molecule has 0 radical (unpaired) electrons. The fourth-order valence-electron chi connectivity index (χ4n) is 3.85. The zero-order valence-electron chi connectivity index (χ0n) is 20.7. The van der Waals surface area contributed by atoms with Gasteiger partial charge in [0.25, 0.3) is 0 Å². The second kappa shape index (κ2) is 10.5. The highest BCUT2D eigenvalue weighted by Gasteiger charge is 2.27. The molecule has 8 heteroatoms. The number of hydrogen-bond acceptors (Lipinski definition) is 6. The van der Waals surface area contributed by atoms with Crippen molar-refractivity contribution in [3.8, 4) is 28.7 Å². The minimum Gasteiger partial charge on any atom is -0.493 e. The van der Waals surface area contributed by atoms with Gasteiger partial charge < -0.3 is 24.0 Å². The van der Waals surface area contributed by atoms with Crippen LogP contribution in [0.25, 0.3) is 11.1 Å². The third kappa shape index (κ3) is 5.60. The van der Waals surface area contributed by atoms with Crippen LogP contribution in [-0.2, 0) is 4.74 Å². The minimum absolute atomic E-state index is 0.305.